The van der Waals surface area contributed by atoms with Crippen LogP contribution in [-0.4, -0.2) is 26.9 Å². The lowest BCUT2D eigenvalue weighted by Crippen LogP contribution is -2.50. The van der Waals surface area contributed by atoms with Crippen molar-refractivity contribution in [2.24, 2.45) is 17.3 Å². The van der Waals surface area contributed by atoms with E-state index >= 15 is 0 Å². The lowest BCUT2D eigenvalue weighted by molar-refractivity contribution is -0.137. The number of carboxylic acids is 1. The van der Waals surface area contributed by atoms with Gasteiger partial charge in [0, 0.05) is 6.42 Å². The normalized spacial score (nSPS) is 33.4. The molecule has 0 heterocycles. The summed E-state index contributed by atoms with van der Waals surface area (Å²) in [6.45, 7) is 2.38. The van der Waals surface area contributed by atoms with Gasteiger partial charge < -0.3 is 15.3 Å². The van der Waals surface area contributed by atoms with Crippen molar-refractivity contribution in [2.45, 2.75) is 115 Å². The van der Waals surface area contributed by atoms with Crippen molar-refractivity contribution >= 4 is 5.97 Å². The van der Waals surface area contributed by atoms with Gasteiger partial charge in [-0.1, -0.05) is 51.5 Å². The van der Waals surface area contributed by atoms with Crippen LogP contribution in [0.1, 0.15) is 114 Å². The summed E-state index contributed by atoms with van der Waals surface area (Å²) in [5.74, 6) is 1.58. The number of carboxylic acid groups (broad SMARTS) is 1. The van der Waals surface area contributed by atoms with Gasteiger partial charge in [-0.15, -0.1) is 0 Å². The van der Waals surface area contributed by atoms with E-state index in [1.807, 2.05) is 12.1 Å². The van der Waals surface area contributed by atoms with Gasteiger partial charge in [-0.25, -0.2) is 0 Å². The first-order chi connectivity index (χ1) is 15.3. The van der Waals surface area contributed by atoms with Crippen LogP contribution in [0.3, 0.4) is 0 Å². The standard InChI is InChI=1S/C28H42O4/c1-27-17-14-23-22-13-11-21(29)19-20(22)10-12-24(23)25(27)15-18-28(27,32)16-8-6-4-2-3-5-7-9-26(30)31/h11,13,19,23-25,29,32H,2-10,12,14-18H2,1H3,(H,30,31)/t23-,24-,25+,27+,28?/m1/s1. The Morgan fingerprint density at radius 3 is 2.47 bits per heavy atom. The molecule has 0 bridgehead atoms. The van der Waals surface area contributed by atoms with E-state index in [4.69, 9.17) is 5.11 Å². The zero-order valence-electron chi connectivity index (χ0n) is 19.8. The van der Waals surface area contributed by atoms with Gasteiger partial charge >= 0.3 is 5.97 Å². The maximum absolute atomic E-state index is 11.8. The minimum atomic E-state index is -0.688. The Balaban J connectivity index is 1.28. The maximum atomic E-state index is 11.8. The summed E-state index contributed by atoms with van der Waals surface area (Å²) in [5, 5.41) is 30.4. The highest BCUT2D eigenvalue weighted by molar-refractivity contribution is 5.66. The quantitative estimate of drug-likeness (QED) is 0.358. The Morgan fingerprint density at radius 1 is 1.00 bits per heavy atom. The summed E-state index contributed by atoms with van der Waals surface area (Å²) < 4.78 is 0. The first kappa shape index (κ1) is 23.6. The number of aliphatic hydroxyl groups is 1. The molecule has 2 saturated carbocycles. The number of aliphatic carboxylic acids is 1. The molecule has 4 heteroatoms. The van der Waals surface area contributed by atoms with Crippen LogP contribution >= 0.6 is 0 Å². The van der Waals surface area contributed by atoms with Crippen molar-refractivity contribution in [3.05, 3.63) is 29.3 Å². The molecule has 3 N–H and O–H groups in total. The summed E-state index contributed by atoms with van der Waals surface area (Å²) in [5.41, 5.74) is 2.32. The molecule has 1 aromatic carbocycles. The van der Waals surface area contributed by atoms with Crippen molar-refractivity contribution in [2.75, 3.05) is 0 Å². The smallest absolute Gasteiger partial charge is 0.303 e. The van der Waals surface area contributed by atoms with E-state index in [9.17, 15) is 15.0 Å². The Bertz CT molecular complexity index is 805. The van der Waals surface area contributed by atoms with Gasteiger partial charge in [0.15, 0.2) is 0 Å². The zero-order valence-corrected chi connectivity index (χ0v) is 19.8. The molecule has 1 unspecified atom stereocenters. The minimum Gasteiger partial charge on any atom is -0.508 e. The van der Waals surface area contributed by atoms with E-state index in [1.54, 1.807) is 0 Å². The van der Waals surface area contributed by atoms with Crippen LogP contribution in [0.5, 0.6) is 5.75 Å². The Labute approximate surface area is 193 Å². The molecule has 0 radical (unpaired) electrons. The molecule has 32 heavy (non-hydrogen) atoms. The molecule has 3 aliphatic carbocycles. The largest absolute Gasteiger partial charge is 0.508 e. The fraction of sp³-hybridized carbons (Fsp3) is 0.750. The molecule has 4 rings (SSSR count). The maximum Gasteiger partial charge on any atom is 0.303 e. The van der Waals surface area contributed by atoms with Crippen molar-refractivity contribution in [3.8, 4) is 5.75 Å². The Morgan fingerprint density at radius 2 is 1.72 bits per heavy atom. The molecule has 0 aliphatic heterocycles. The van der Waals surface area contributed by atoms with Crippen molar-refractivity contribution < 1.29 is 20.1 Å². The molecule has 2 fully saturated rings. The molecule has 4 nitrogen and oxygen atoms in total. The number of hydrogen-bond donors (Lipinski definition) is 3. The van der Waals surface area contributed by atoms with E-state index in [2.05, 4.69) is 13.0 Å². The number of phenolic OH excluding ortho intramolecular Hbond substituents is 1. The lowest BCUT2D eigenvalue weighted by Gasteiger charge is -2.53. The monoisotopic (exact) mass is 442 g/mol. The molecular formula is C28H42O4. The number of aryl methyl sites for hydroxylation is 1. The van der Waals surface area contributed by atoms with Crippen LogP contribution in [0, 0.1) is 17.3 Å². The molecule has 5 atom stereocenters. The van der Waals surface area contributed by atoms with Gasteiger partial charge in [-0.2, -0.15) is 0 Å². The van der Waals surface area contributed by atoms with Crippen LogP contribution < -0.4 is 0 Å². The number of aromatic hydroxyl groups is 1. The molecule has 0 spiro atoms. The molecule has 0 saturated heterocycles. The molecule has 1 aromatic rings. The van der Waals surface area contributed by atoms with Crippen molar-refractivity contribution in [1.29, 1.82) is 0 Å². The first-order valence-corrected chi connectivity index (χ1v) is 13.1. The summed E-state index contributed by atoms with van der Waals surface area (Å²) in [7, 11) is 0. The van der Waals surface area contributed by atoms with Crippen molar-refractivity contribution in [1.82, 2.24) is 0 Å². The molecule has 3 aliphatic rings. The first-order valence-electron chi connectivity index (χ1n) is 13.1. The van der Waals surface area contributed by atoms with Gasteiger partial charge in [0.05, 0.1) is 5.60 Å². The van der Waals surface area contributed by atoms with Crippen molar-refractivity contribution in [3.63, 3.8) is 0 Å². The highest BCUT2D eigenvalue weighted by Crippen LogP contribution is 2.65. The van der Waals surface area contributed by atoms with E-state index < -0.39 is 11.6 Å². The van der Waals surface area contributed by atoms with E-state index in [0.717, 1.165) is 64.2 Å². The van der Waals surface area contributed by atoms with Crippen LogP contribution in [0.4, 0.5) is 0 Å². The topological polar surface area (TPSA) is 77.8 Å². The minimum absolute atomic E-state index is 0.0411. The highest BCUT2D eigenvalue weighted by atomic mass is 16.4. The summed E-state index contributed by atoms with van der Waals surface area (Å²) in [6, 6.07) is 5.98. The predicted molar refractivity (Wildman–Crippen MR) is 127 cm³/mol. The third-order valence-corrected chi connectivity index (χ3v) is 9.51. The van der Waals surface area contributed by atoms with E-state index in [-0.39, 0.29) is 5.41 Å². The third-order valence-electron chi connectivity index (χ3n) is 9.51. The molecule has 178 valence electrons. The molecule has 0 aromatic heterocycles. The van der Waals surface area contributed by atoms with Gasteiger partial charge in [-0.3, -0.25) is 4.79 Å². The number of benzene rings is 1. The molecule has 0 amide bonds. The van der Waals surface area contributed by atoms with Crippen LogP contribution in [0.25, 0.3) is 0 Å². The third kappa shape index (κ3) is 4.58. The number of carbonyl (C=O) groups is 1. The summed E-state index contributed by atoms with van der Waals surface area (Å²) >= 11 is 0. The number of hydrogen-bond acceptors (Lipinski definition) is 3. The van der Waals surface area contributed by atoms with Gasteiger partial charge in [-0.05, 0) is 97.8 Å². The van der Waals surface area contributed by atoms with E-state index in [0.29, 0.717) is 29.9 Å². The summed E-state index contributed by atoms with van der Waals surface area (Å²) in [6.07, 6.45) is 15.4. The summed E-state index contributed by atoms with van der Waals surface area (Å²) in [4.78, 5) is 10.6. The van der Waals surface area contributed by atoms with Gasteiger partial charge in [0.2, 0.25) is 0 Å². The fourth-order valence-corrected chi connectivity index (χ4v) is 7.67. The number of fused-ring (bicyclic) bond motifs is 5. The highest BCUT2D eigenvalue weighted by Gasteiger charge is 2.60. The fourth-order valence-electron chi connectivity index (χ4n) is 7.67. The second-order valence-corrected chi connectivity index (χ2v) is 11.2. The average Bonchev–Trinajstić information content (AvgIpc) is 3.03. The second kappa shape index (κ2) is 9.75. The SMILES string of the molecule is C[C@]12CC[C@@H]3c4ccc(O)cc4CC[C@H]3[C@@H]1CCC2(O)CCCCCCCCCC(=O)O. The number of phenols is 1. The average molecular weight is 443 g/mol. The van der Waals surface area contributed by atoms with Crippen LogP contribution in [0.2, 0.25) is 0 Å². The van der Waals surface area contributed by atoms with Crippen LogP contribution in [-0.2, 0) is 11.2 Å². The van der Waals surface area contributed by atoms with E-state index in [1.165, 1.54) is 36.8 Å². The zero-order chi connectivity index (χ0) is 22.8. The molecular weight excluding hydrogens is 400 g/mol. The Hall–Kier alpha value is -1.55. The van der Waals surface area contributed by atoms with Gasteiger partial charge in [0.1, 0.15) is 5.75 Å². The van der Waals surface area contributed by atoms with Crippen LogP contribution in [0.15, 0.2) is 18.2 Å². The predicted octanol–water partition coefficient (Wildman–Crippen LogP) is 6.57. The number of unbranched alkanes of at least 4 members (excludes halogenated alkanes) is 6. The second-order valence-electron chi connectivity index (χ2n) is 11.2. The number of rotatable bonds is 10. The Kier molecular flexibility index (Phi) is 7.19. The van der Waals surface area contributed by atoms with Gasteiger partial charge in [0.25, 0.3) is 0 Å². The lowest BCUT2D eigenvalue weighted by atomic mass is 9.53.